The Morgan fingerprint density at radius 2 is 2.50 bits per heavy atom. The molecular formula is C9H10O. The van der Waals surface area contributed by atoms with Crippen LogP contribution in [0.3, 0.4) is 0 Å². The van der Waals surface area contributed by atoms with Gasteiger partial charge in [-0.2, -0.15) is 0 Å². The molecule has 0 radical (unpaired) electrons. The average Bonchev–Trinajstić information content (AvgIpc) is 2.45. The Bertz CT molecular complexity index is 223. The molecule has 2 fully saturated rings. The highest BCUT2D eigenvalue weighted by Gasteiger charge is 2.48. The smallest absolute Gasteiger partial charge is 0.137 e. The minimum Gasteiger partial charge on any atom is -0.299 e. The Morgan fingerprint density at radius 1 is 1.70 bits per heavy atom. The van der Waals surface area contributed by atoms with Crippen LogP contribution in [-0.2, 0) is 4.79 Å². The Hall–Kier alpha value is -0.770. The lowest BCUT2D eigenvalue weighted by molar-refractivity contribution is -0.122. The third kappa shape index (κ3) is 0.568. The highest BCUT2D eigenvalue weighted by molar-refractivity contribution is 5.85. The van der Waals surface area contributed by atoms with Crippen LogP contribution in [0.2, 0.25) is 0 Å². The van der Waals surface area contributed by atoms with Crippen molar-refractivity contribution < 1.29 is 4.79 Å². The summed E-state index contributed by atoms with van der Waals surface area (Å²) in [6, 6.07) is 0. The van der Waals surface area contributed by atoms with Gasteiger partial charge in [0.25, 0.3) is 0 Å². The van der Waals surface area contributed by atoms with E-state index in [0.29, 0.717) is 18.1 Å². The van der Waals surface area contributed by atoms with Crippen molar-refractivity contribution in [2.45, 2.75) is 25.7 Å². The first-order valence-corrected chi connectivity index (χ1v) is 3.76. The molecule has 0 aromatic carbocycles. The largest absolute Gasteiger partial charge is 0.299 e. The van der Waals surface area contributed by atoms with Crippen molar-refractivity contribution in [3.63, 3.8) is 0 Å². The van der Waals surface area contributed by atoms with E-state index in [2.05, 4.69) is 5.92 Å². The van der Waals surface area contributed by atoms with Gasteiger partial charge in [-0.1, -0.05) is 5.92 Å². The first-order chi connectivity index (χ1) is 4.76. The van der Waals surface area contributed by atoms with Crippen molar-refractivity contribution in [1.29, 1.82) is 0 Å². The predicted octanol–water partition coefficient (Wildman–Crippen LogP) is 1.38. The normalized spacial score (nSPS) is 43.9. The zero-order valence-corrected chi connectivity index (χ0v) is 5.89. The Kier molecular flexibility index (Phi) is 0.976. The molecule has 0 saturated heterocycles. The van der Waals surface area contributed by atoms with Gasteiger partial charge in [-0.3, -0.25) is 4.79 Å². The van der Waals surface area contributed by atoms with E-state index >= 15 is 0 Å². The fourth-order valence-electron chi connectivity index (χ4n) is 2.22. The highest BCUT2D eigenvalue weighted by Crippen LogP contribution is 2.51. The average molecular weight is 134 g/mol. The van der Waals surface area contributed by atoms with E-state index in [1.807, 2.05) is 0 Å². The van der Waals surface area contributed by atoms with E-state index in [0.717, 1.165) is 19.3 Å². The molecule has 1 nitrogen and oxygen atoms in total. The fourth-order valence-corrected chi connectivity index (χ4v) is 2.22. The maximum atomic E-state index is 11.1. The molecule has 0 aliphatic heterocycles. The second-order valence-corrected chi connectivity index (χ2v) is 3.51. The van der Waals surface area contributed by atoms with E-state index in [1.54, 1.807) is 0 Å². The number of terminal acetylenes is 1. The third-order valence-electron chi connectivity index (χ3n) is 2.88. The van der Waals surface area contributed by atoms with Crippen LogP contribution in [0.1, 0.15) is 25.7 Å². The second kappa shape index (κ2) is 1.63. The number of hydrogen-bond acceptors (Lipinski definition) is 1. The summed E-state index contributed by atoms with van der Waals surface area (Å²) in [5.41, 5.74) is 0.00174. The molecule has 10 heavy (non-hydrogen) atoms. The molecule has 0 spiro atoms. The summed E-state index contributed by atoms with van der Waals surface area (Å²) in [6.07, 6.45) is 9.13. The van der Waals surface area contributed by atoms with Gasteiger partial charge in [0.15, 0.2) is 0 Å². The summed E-state index contributed by atoms with van der Waals surface area (Å²) in [4.78, 5) is 11.1. The molecule has 0 N–H and O–H groups in total. The summed E-state index contributed by atoms with van der Waals surface area (Å²) in [6.45, 7) is 0. The van der Waals surface area contributed by atoms with Gasteiger partial charge >= 0.3 is 0 Å². The minimum atomic E-state index is 0.00174. The maximum Gasteiger partial charge on any atom is 0.137 e. The molecule has 0 aromatic rings. The molecule has 1 heteroatoms. The summed E-state index contributed by atoms with van der Waals surface area (Å²) < 4.78 is 0. The standard InChI is InChI=1S/C9H10O/c1-2-9-4-3-7(5-9)8(10)6-9/h1,7H,3-6H2. The molecule has 2 aliphatic carbocycles. The Balaban J connectivity index is 2.32. The van der Waals surface area contributed by atoms with E-state index in [1.165, 1.54) is 0 Å². The monoisotopic (exact) mass is 134 g/mol. The predicted molar refractivity (Wildman–Crippen MR) is 38.2 cm³/mol. The van der Waals surface area contributed by atoms with Crippen LogP contribution in [0.4, 0.5) is 0 Å². The van der Waals surface area contributed by atoms with Crippen LogP contribution >= 0.6 is 0 Å². The van der Waals surface area contributed by atoms with Crippen molar-refractivity contribution in [2.24, 2.45) is 11.3 Å². The van der Waals surface area contributed by atoms with Crippen LogP contribution in [0, 0.1) is 23.7 Å². The number of Topliss-reactive ketones (excluding diaryl/α,β-unsaturated/α-hetero) is 1. The molecule has 2 rings (SSSR count). The van der Waals surface area contributed by atoms with Crippen LogP contribution in [0.5, 0.6) is 0 Å². The summed E-state index contributed by atoms with van der Waals surface area (Å²) in [5.74, 6) is 3.51. The molecule has 0 heterocycles. The summed E-state index contributed by atoms with van der Waals surface area (Å²) in [5, 5.41) is 0. The minimum absolute atomic E-state index is 0.00174. The summed E-state index contributed by atoms with van der Waals surface area (Å²) >= 11 is 0. The lowest BCUT2D eigenvalue weighted by Gasteiger charge is -2.17. The molecule has 52 valence electrons. The van der Waals surface area contributed by atoms with Crippen molar-refractivity contribution in [1.82, 2.24) is 0 Å². The van der Waals surface area contributed by atoms with Crippen molar-refractivity contribution in [3.05, 3.63) is 0 Å². The van der Waals surface area contributed by atoms with Crippen molar-refractivity contribution in [3.8, 4) is 12.3 Å². The number of rotatable bonds is 0. The van der Waals surface area contributed by atoms with E-state index in [9.17, 15) is 4.79 Å². The first kappa shape index (κ1) is 5.97. The highest BCUT2D eigenvalue weighted by atomic mass is 16.1. The topological polar surface area (TPSA) is 17.1 Å². The van der Waals surface area contributed by atoms with Crippen LogP contribution in [0.25, 0.3) is 0 Å². The van der Waals surface area contributed by atoms with E-state index in [-0.39, 0.29) is 5.41 Å². The molecule has 0 amide bonds. The van der Waals surface area contributed by atoms with E-state index in [4.69, 9.17) is 6.42 Å². The van der Waals surface area contributed by atoms with Crippen LogP contribution < -0.4 is 0 Å². The van der Waals surface area contributed by atoms with Gasteiger partial charge in [-0.15, -0.1) is 6.42 Å². The number of carbonyl (C=O) groups is 1. The van der Waals surface area contributed by atoms with Gasteiger partial charge in [0.1, 0.15) is 5.78 Å². The first-order valence-electron chi connectivity index (χ1n) is 3.76. The van der Waals surface area contributed by atoms with Crippen LogP contribution in [-0.4, -0.2) is 5.78 Å². The van der Waals surface area contributed by atoms with Gasteiger partial charge in [0, 0.05) is 17.8 Å². The maximum absolute atomic E-state index is 11.1. The number of hydrogen-bond donors (Lipinski definition) is 0. The SMILES string of the molecule is C#CC12CCC(C1)C(=O)C2. The molecule has 2 bridgehead atoms. The van der Waals surface area contributed by atoms with Crippen molar-refractivity contribution >= 4 is 5.78 Å². The molecule has 2 aliphatic rings. The lowest BCUT2D eigenvalue weighted by Crippen LogP contribution is -2.15. The molecule has 2 saturated carbocycles. The number of ketones is 1. The van der Waals surface area contributed by atoms with Gasteiger partial charge in [0.2, 0.25) is 0 Å². The van der Waals surface area contributed by atoms with Gasteiger partial charge < -0.3 is 0 Å². The Labute approximate surface area is 60.8 Å². The zero-order valence-electron chi connectivity index (χ0n) is 5.89. The second-order valence-electron chi connectivity index (χ2n) is 3.51. The molecule has 0 aromatic heterocycles. The third-order valence-corrected chi connectivity index (χ3v) is 2.88. The van der Waals surface area contributed by atoms with Gasteiger partial charge in [0.05, 0.1) is 0 Å². The van der Waals surface area contributed by atoms with Crippen molar-refractivity contribution in [2.75, 3.05) is 0 Å². The molecular weight excluding hydrogens is 124 g/mol. The Morgan fingerprint density at radius 3 is 2.80 bits per heavy atom. The number of carbonyl (C=O) groups excluding carboxylic acids is 1. The number of fused-ring (bicyclic) bond motifs is 2. The van der Waals surface area contributed by atoms with Gasteiger partial charge in [-0.05, 0) is 19.3 Å². The fraction of sp³-hybridized carbons (Fsp3) is 0.667. The summed E-state index contributed by atoms with van der Waals surface area (Å²) in [7, 11) is 0. The lowest BCUT2D eigenvalue weighted by atomic mass is 9.85. The van der Waals surface area contributed by atoms with Gasteiger partial charge in [-0.25, -0.2) is 0 Å². The van der Waals surface area contributed by atoms with E-state index < -0.39 is 0 Å². The molecule has 2 atom stereocenters. The van der Waals surface area contributed by atoms with Crippen LogP contribution in [0.15, 0.2) is 0 Å². The zero-order chi connectivity index (χ0) is 7.19. The molecule has 2 unspecified atom stereocenters. The quantitative estimate of drug-likeness (QED) is 0.457.